The molecule has 128 valence electrons. The van der Waals surface area contributed by atoms with E-state index in [1.807, 2.05) is 19.1 Å². The average molecular weight is 347 g/mol. The third-order valence-corrected chi connectivity index (χ3v) is 5.86. The fourth-order valence-corrected chi connectivity index (χ4v) is 3.58. The molecular weight excluding hydrogens is 326 g/mol. The molecular formula is C18H21NO4S. The maximum Gasteiger partial charge on any atom is 0.226 e. The normalized spacial score (nSPS) is 21.3. The SMILES string of the molecule is CC(c1ccc(S(C)(=O)=O)cc1)N(C)C(=O)C1CC1c1ccco1. The Balaban J connectivity index is 1.68. The van der Waals surface area contributed by atoms with Gasteiger partial charge in [0.2, 0.25) is 5.91 Å². The lowest BCUT2D eigenvalue weighted by Crippen LogP contribution is -2.31. The van der Waals surface area contributed by atoms with Crippen LogP contribution in [-0.2, 0) is 14.6 Å². The second-order valence-electron chi connectivity index (χ2n) is 6.43. The second kappa shape index (κ2) is 6.09. The zero-order valence-corrected chi connectivity index (χ0v) is 14.8. The number of amides is 1. The van der Waals surface area contributed by atoms with Crippen LogP contribution in [0.1, 0.15) is 36.6 Å². The van der Waals surface area contributed by atoms with E-state index in [4.69, 9.17) is 4.42 Å². The molecule has 6 heteroatoms. The molecule has 0 bridgehead atoms. The summed E-state index contributed by atoms with van der Waals surface area (Å²) in [6.07, 6.45) is 3.63. The molecule has 1 aliphatic rings. The number of hydrogen-bond donors (Lipinski definition) is 0. The van der Waals surface area contributed by atoms with Crippen LogP contribution in [0.4, 0.5) is 0 Å². The molecule has 0 aliphatic heterocycles. The van der Waals surface area contributed by atoms with Crippen molar-refractivity contribution in [2.75, 3.05) is 13.3 Å². The lowest BCUT2D eigenvalue weighted by Gasteiger charge is -2.25. The first-order chi connectivity index (χ1) is 11.3. The van der Waals surface area contributed by atoms with Crippen LogP contribution < -0.4 is 0 Å². The van der Waals surface area contributed by atoms with Crippen LogP contribution >= 0.6 is 0 Å². The van der Waals surface area contributed by atoms with Crippen LogP contribution in [0.3, 0.4) is 0 Å². The number of furan rings is 1. The average Bonchev–Trinajstić information content (AvgIpc) is 3.17. The van der Waals surface area contributed by atoms with Crippen LogP contribution in [0.15, 0.2) is 52.0 Å². The van der Waals surface area contributed by atoms with E-state index in [1.54, 1.807) is 42.5 Å². The molecule has 1 aliphatic carbocycles. The molecule has 0 radical (unpaired) electrons. The van der Waals surface area contributed by atoms with Gasteiger partial charge in [0.1, 0.15) is 5.76 Å². The summed E-state index contributed by atoms with van der Waals surface area (Å²) >= 11 is 0. The summed E-state index contributed by atoms with van der Waals surface area (Å²) in [5.41, 5.74) is 0.911. The predicted molar refractivity (Wildman–Crippen MR) is 90.3 cm³/mol. The molecule has 1 heterocycles. The monoisotopic (exact) mass is 347 g/mol. The number of nitrogens with zero attached hydrogens (tertiary/aromatic N) is 1. The van der Waals surface area contributed by atoms with Gasteiger partial charge in [-0.15, -0.1) is 0 Å². The number of rotatable bonds is 5. The summed E-state index contributed by atoms with van der Waals surface area (Å²) in [7, 11) is -1.42. The Morgan fingerprint density at radius 1 is 1.25 bits per heavy atom. The van der Waals surface area contributed by atoms with E-state index in [0.29, 0.717) is 0 Å². The smallest absolute Gasteiger partial charge is 0.226 e. The maximum atomic E-state index is 12.6. The highest BCUT2D eigenvalue weighted by Crippen LogP contribution is 2.49. The fraction of sp³-hybridized carbons (Fsp3) is 0.389. The van der Waals surface area contributed by atoms with Crippen molar-refractivity contribution in [3.8, 4) is 0 Å². The largest absolute Gasteiger partial charge is 0.469 e. The minimum absolute atomic E-state index is 0.0288. The Kier molecular flexibility index (Phi) is 4.25. The van der Waals surface area contributed by atoms with E-state index in [-0.39, 0.29) is 28.7 Å². The molecule has 1 amide bonds. The molecule has 1 fully saturated rings. The van der Waals surface area contributed by atoms with Gasteiger partial charge < -0.3 is 9.32 Å². The van der Waals surface area contributed by atoms with Crippen molar-refractivity contribution in [1.29, 1.82) is 0 Å². The highest BCUT2D eigenvalue weighted by Gasteiger charge is 2.47. The van der Waals surface area contributed by atoms with E-state index in [2.05, 4.69) is 0 Å². The van der Waals surface area contributed by atoms with E-state index in [0.717, 1.165) is 17.7 Å². The zero-order valence-electron chi connectivity index (χ0n) is 14.0. The van der Waals surface area contributed by atoms with Crippen molar-refractivity contribution in [3.05, 3.63) is 54.0 Å². The van der Waals surface area contributed by atoms with Crippen molar-refractivity contribution in [2.45, 2.75) is 30.2 Å². The van der Waals surface area contributed by atoms with Crippen LogP contribution in [0, 0.1) is 5.92 Å². The van der Waals surface area contributed by atoms with Crippen molar-refractivity contribution >= 4 is 15.7 Å². The molecule has 1 aromatic carbocycles. The third kappa shape index (κ3) is 3.24. The molecule has 3 rings (SSSR count). The summed E-state index contributed by atoms with van der Waals surface area (Å²) in [4.78, 5) is 14.7. The Morgan fingerprint density at radius 2 is 1.92 bits per heavy atom. The van der Waals surface area contributed by atoms with Gasteiger partial charge in [0.15, 0.2) is 9.84 Å². The number of sulfone groups is 1. The minimum Gasteiger partial charge on any atom is -0.469 e. The first-order valence-electron chi connectivity index (χ1n) is 7.89. The Hall–Kier alpha value is -2.08. The minimum atomic E-state index is -3.21. The Bertz CT molecular complexity index is 824. The van der Waals surface area contributed by atoms with Gasteiger partial charge in [0.25, 0.3) is 0 Å². The highest BCUT2D eigenvalue weighted by atomic mass is 32.2. The molecule has 24 heavy (non-hydrogen) atoms. The molecule has 3 atom stereocenters. The van der Waals surface area contributed by atoms with E-state index in [1.165, 1.54) is 6.26 Å². The molecule has 1 saturated carbocycles. The summed E-state index contributed by atoms with van der Waals surface area (Å²) in [6, 6.07) is 10.3. The summed E-state index contributed by atoms with van der Waals surface area (Å²) in [6.45, 7) is 1.94. The zero-order chi connectivity index (χ0) is 17.5. The Morgan fingerprint density at radius 3 is 2.46 bits per heavy atom. The van der Waals surface area contributed by atoms with Crippen LogP contribution in [0.25, 0.3) is 0 Å². The van der Waals surface area contributed by atoms with Crippen molar-refractivity contribution in [1.82, 2.24) is 4.90 Å². The number of carbonyl (C=O) groups is 1. The van der Waals surface area contributed by atoms with E-state index >= 15 is 0 Å². The standard InChI is InChI=1S/C18H21NO4S/c1-12(13-6-8-14(9-7-13)24(3,21)22)19(2)18(20)16-11-15(16)17-5-4-10-23-17/h4-10,12,15-16H,11H2,1-3H3. The molecule has 2 aromatic rings. The molecule has 0 N–H and O–H groups in total. The lowest BCUT2D eigenvalue weighted by molar-refractivity contribution is -0.133. The quantitative estimate of drug-likeness (QED) is 0.834. The van der Waals surface area contributed by atoms with Gasteiger partial charge in [-0.1, -0.05) is 12.1 Å². The number of benzene rings is 1. The molecule has 0 spiro atoms. The van der Waals surface area contributed by atoms with Gasteiger partial charge in [-0.2, -0.15) is 0 Å². The fourth-order valence-electron chi connectivity index (χ4n) is 2.95. The highest BCUT2D eigenvalue weighted by molar-refractivity contribution is 7.90. The van der Waals surface area contributed by atoms with Gasteiger partial charge in [0, 0.05) is 25.1 Å². The first kappa shape index (κ1) is 16.8. The van der Waals surface area contributed by atoms with Crippen LogP contribution in [0.2, 0.25) is 0 Å². The third-order valence-electron chi connectivity index (χ3n) is 4.74. The summed E-state index contributed by atoms with van der Waals surface area (Å²) in [5.74, 6) is 1.11. The second-order valence-corrected chi connectivity index (χ2v) is 8.45. The topological polar surface area (TPSA) is 67.6 Å². The molecule has 3 unspecified atom stereocenters. The maximum absolute atomic E-state index is 12.6. The van der Waals surface area contributed by atoms with E-state index in [9.17, 15) is 13.2 Å². The van der Waals surface area contributed by atoms with Crippen LogP contribution in [0.5, 0.6) is 0 Å². The predicted octanol–water partition coefficient (Wildman–Crippen LogP) is 3.01. The Labute approximate surface area is 142 Å². The lowest BCUT2D eigenvalue weighted by atomic mass is 10.1. The number of carbonyl (C=O) groups excluding carboxylic acids is 1. The molecule has 5 nitrogen and oxygen atoms in total. The van der Waals surface area contributed by atoms with Crippen LogP contribution in [-0.4, -0.2) is 32.5 Å². The first-order valence-corrected chi connectivity index (χ1v) is 9.78. The molecule has 0 saturated heterocycles. The molecule has 1 aromatic heterocycles. The summed E-state index contributed by atoms with van der Waals surface area (Å²) in [5, 5.41) is 0. The van der Waals surface area contributed by atoms with E-state index < -0.39 is 9.84 Å². The van der Waals surface area contributed by atoms with Gasteiger partial charge >= 0.3 is 0 Å². The van der Waals surface area contributed by atoms with Crippen molar-refractivity contribution in [3.63, 3.8) is 0 Å². The summed E-state index contributed by atoms with van der Waals surface area (Å²) < 4.78 is 28.4. The van der Waals surface area contributed by atoms with Gasteiger partial charge in [-0.25, -0.2) is 8.42 Å². The number of hydrogen-bond acceptors (Lipinski definition) is 4. The van der Waals surface area contributed by atoms with Crippen molar-refractivity contribution < 1.29 is 17.6 Å². The van der Waals surface area contributed by atoms with Gasteiger partial charge in [-0.05, 0) is 43.2 Å². The van der Waals surface area contributed by atoms with Gasteiger partial charge in [0.05, 0.1) is 17.2 Å². The van der Waals surface area contributed by atoms with Crippen molar-refractivity contribution in [2.24, 2.45) is 5.92 Å². The van der Waals surface area contributed by atoms with Gasteiger partial charge in [-0.3, -0.25) is 4.79 Å².